The Bertz CT molecular complexity index is 557. The maximum absolute atomic E-state index is 11.8. The average Bonchev–Trinajstić information content (AvgIpc) is 2.51. The van der Waals surface area contributed by atoms with E-state index in [4.69, 9.17) is 14.2 Å². The van der Waals surface area contributed by atoms with Crippen molar-refractivity contribution in [3.05, 3.63) is 29.6 Å². The molecule has 1 aromatic heterocycles. The molecule has 0 bridgehead atoms. The van der Waals surface area contributed by atoms with Crippen molar-refractivity contribution < 1.29 is 19.0 Å². The number of likely N-dealkylation sites (tertiary alicyclic amines) is 1. The van der Waals surface area contributed by atoms with Gasteiger partial charge in [-0.25, -0.2) is 0 Å². The van der Waals surface area contributed by atoms with E-state index in [0.29, 0.717) is 26.3 Å². The van der Waals surface area contributed by atoms with E-state index in [2.05, 4.69) is 11.1 Å². The number of aromatic nitrogens is 1. The number of methoxy groups -OCH3 is 1. The van der Waals surface area contributed by atoms with Crippen molar-refractivity contribution >= 4 is 5.91 Å². The minimum absolute atomic E-state index is 0.0237. The zero-order chi connectivity index (χ0) is 16.3. The zero-order valence-corrected chi connectivity index (χ0v) is 13.8. The van der Waals surface area contributed by atoms with Crippen molar-refractivity contribution in [2.45, 2.75) is 38.1 Å². The van der Waals surface area contributed by atoms with Crippen LogP contribution in [0.25, 0.3) is 0 Å². The molecule has 2 saturated heterocycles. The zero-order valence-electron chi connectivity index (χ0n) is 13.8. The maximum atomic E-state index is 11.8. The third-order valence-electron chi connectivity index (χ3n) is 4.44. The molecule has 2 fully saturated rings. The van der Waals surface area contributed by atoms with Gasteiger partial charge >= 0.3 is 0 Å². The van der Waals surface area contributed by atoms with Crippen LogP contribution in [0.1, 0.15) is 24.0 Å². The van der Waals surface area contributed by atoms with Gasteiger partial charge < -0.3 is 19.1 Å². The molecule has 3 heterocycles. The molecular weight excluding hydrogens is 296 g/mol. The fourth-order valence-corrected chi connectivity index (χ4v) is 3.30. The van der Waals surface area contributed by atoms with Gasteiger partial charge in [-0.15, -0.1) is 0 Å². The fourth-order valence-electron chi connectivity index (χ4n) is 3.30. The molecule has 1 unspecified atom stereocenters. The molecule has 0 radical (unpaired) electrons. The molecule has 3 rings (SSSR count). The van der Waals surface area contributed by atoms with Gasteiger partial charge in [-0.2, -0.15) is 0 Å². The molecule has 0 aliphatic carbocycles. The molecule has 2 aliphatic heterocycles. The van der Waals surface area contributed by atoms with E-state index >= 15 is 0 Å². The monoisotopic (exact) mass is 320 g/mol. The smallest absolute Gasteiger partial charge is 0.248 e. The van der Waals surface area contributed by atoms with Gasteiger partial charge in [0.2, 0.25) is 5.91 Å². The van der Waals surface area contributed by atoms with Gasteiger partial charge in [0.1, 0.15) is 12.2 Å². The number of aryl methyl sites for hydroxylation is 1. The van der Waals surface area contributed by atoms with Crippen LogP contribution in [0.15, 0.2) is 18.5 Å². The SMILES string of the molecule is COCC(=O)N1CC2(CC(OCc3cncc(C)c3)CCO2)C1. The molecule has 6 nitrogen and oxygen atoms in total. The number of carbonyl (C=O) groups is 1. The largest absolute Gasteiger partial charge is 0.375 e. The second kappa shape index (κ2) is 6.95. The highest BCUT2D eigenvalue weighted by Gasteiger charge is 2.49. The molecule has 2 aliphatic rings. The lowest BCUT2D eigenvalue weighted by molar-refractivity contribution is -0.203. The van der Waals surface area contributed by atoms with Crippen LogP contribution < -0.4 is 0 Å². The Labute approximate surface area is 136 Å². The van der Waals surface area contributed by atoms with Crippen LogP contribution in [-0.4, -0.2) is 60.9 Å². The van der Waals surface area contributed by atoms with Crippen molar-refractivity contribution in [1.82, 2.24) is 9.88 Å². The van der Waals surface area contributed by atoms with Gasteiger partial charge in [-0.05, 0) is 24.5 Å². The van der Waals surface area contributed by atoms with Crippen LogP contribution in [0.3, 0.4) is 0 Å². The van der Waals surface area contributed by atoms with E-state index in [9.17, 15) is 4.79 Å². The van der Waals surface area contributed by atoms with Gasteiger partial charge in [0.05, 0.1) is 25.8 Å². The Balaban J connectivity index is 1.49. The summed E-state index contributed by atoms with van der Waals surface area (Å²) in [5.74, 6) is 0.0237. The topological polar surface area (TPSA) is 60.9 Å². The number of ether oxygens (including phenoxy) is 3. The summed E-state index contributed by atoms with van der Waals surface area (Å²) in [4.78, 5) is 17.8. The Kier molecular flexibility index (Phi) is 4.94. The summed E-state index contributed by atoms with van der Waals surface area (Å²) in [6.45, 7) is 4.70. The third-order valence-corrected chi connectivity index (χ3v) is 4.44. The van der Waals surface area contributed by atoms with Gasteiger partial charge in [-0.3, -0.25) is 9.78 Å². The van der Waals surface area contributed by atoms with E-state index in [1.165, 1.54) is 7.11 Å². The lowest BCUT2D eigenvalue weighted by Gasteiger charge is -2.52. The summed E-state index contributed by atoms with van der Waals surface area (Å²) < 4.78 is 16.9. The predicted octanol–water partition coefficient (Wildman–Crippen LogP) is 1.31. The summed E-state index contributed by atoms with van der Waals surface area (Å²) in [5, 5.41) is 0. The van der Waals surface area contributed by atoms with Crippen molar-refractivity contribution in [2.75, 3.05) is 33.4 Å². The van der Waals surface area contributed by atoms with Gasteiger partial charge in [0.25, 0.3) is 0 Å². The minimum atomic E-state index is -0.225. The van der Waals surface area contributed by atoms with Gasteiger partial charge in [0, 0.05) is 32.5 Å². The fraction of sp³-hybridized carbons (Fsp3) is 0.647. The Morgan fingerprint density at radius 1 is 1.48 bits per heavy atom. The first-order valence-electron chi connectivity index (χ1n) is 8.03. The van der Waals surface area contributed by atoms with E-state index in [0.717, 1.165) is 24.0 Å². The molecule has 23 heavy (non-hydrogen) atoms. The molecule has 1 aromatic rings. The summed E-state index contributed by atoms with van der Waals surface area (Å²) in [6, 6.07) is 2.09. The molecule has 1 amide bonds. The van der Waals surface area contributed by atoms with Gasteiger partial charge in [-0.1, -0.05) is 6.07 Å². The third kappa shape index (κ3) is 3.88. The molecular formula is C17H24N2O4. The van der Waals surface area contributed by atoms with E-state index in [1.807, 2.05) is 19.3 Å². The van der Waals surface area contributed by atoms with Crippen LogP contribution in [0.2, 0.25) is 0 Å². The Morgan fingerprint density at radius 2 is 2.30 bits per heavy atom. The number of amides is 1. The molecule has 126 valence electrons. The first-order chi connectivity index (χ1) is 11.1. The lowest BCUT2D eigenvalue weighted by Crippen LogP contribution is -2.67. The minimum Gasteiger partial charge on any atom is -0.375 e. The number of hydrogen-bond acceptors (Lipinski definition) is 5. The highest BCUT2D eigenvalue weighted by molar-refractivity contribution is 5.78. The second-order valence-corrected chi connectivity index (χ2v) is 6.51. The first-order valence-corrected chi connectivity index (χ1v) is 8.03. The maximum Gasteiger partial charge on any atom is 0.248 e. The highest BCUT2D eigenvalue weighted by Crippen LogP contribution is 2.35. The van der Waals surface area contributed by atoms with E-state index in [-0.39, 0.29) is 24.2 Å². The summed E-state index contributed by atoms with van der Waals surface area (Å²) in [7, 11) is 1.54. The van der Waals surface area contributed by atoms with Crippen molar-refractivity contribution in [3.63, 3.8) is 0 Å². The number of hydrogen-bond donors (Lipinski definition) is 0. The molecule has 0 N–H and O–H groups in total. The van der Waals surface area contributed by atoms with Crippen LogP contribution in [-0.2, 0) is 25.6 Å². The summed E-state index contributed by atoms with van der Waals surface area (Å²) in [5.41, 5.74) is 2.01. The number of carbonyl (C=O) groups excluding carboxylic acids is 1. The van der Waals surface area contributed by atoms with Crippen molar-refractivity contribution in [3.8, 4) is 0 Å². The van der Waals surface area contributed by atoms with Crippen molar-refractivity contribution in [1.29, 1.82) is 0 Å². The first kappa shape index (κ1) is 16.4. The van der Waals surface area contributed by atoms with Crippen LogP contribution in [0.5, 0.6) is 0 Å². The van der Waals surface area contributed by atoms with Crippen molar-refractivity contribution in [2.24, 2.45) is 0 Å². The average molecular weight is 320 g/mol. The second-order valence-electron chi connectivity index (χ2n) is 6.51. The normalized spacial score (nSPS) is 22.9. The number of pyridine rings is 1. The predicted molar refractivity (Wildman–Crippen MR) is 83.9 cm³/mol. The summed E-state index contributed by atoms with van der Waals surface area (Å²) in [6.07, 6.45) is 5.59. The summed E-state index contributed by atoms with van der Waals surface area (Å²) >= 11 is 0. The lowest BCUT2D eigenvalue weighted by atomic mass is 9.84. The van der Waals surface area contributed by atoms with Crippen LogP contribution >= 0.6 is 0 Å². The Morgan fingerprint density at radius 3 is 3.04 bits per heavy atom. The molecule has 1 spiro atoms. The standard InChI is InChI=1S/C17H24N2O4/c1-13-5-14(8-18-7-13)9-22-15-3-4-23-17(6-15)11-19(12-17)16(20)10-21-2/h5,7-8,15H,3-4,6,9-12H2,1-2H3. The number of rotatable bonds is 5. The highest BCUT2D eigenvalue weighted by atomic mass is 16.5. The number of nitrogens with zero attached hydrogens (tertiary/aromatic N) is 2. The van der Waals surface area contributed by atoms with Crippen LogP contribution in [0, 0.1) is 6.92 Å². The van der Waals surface area contributed by atoms with E-state index in [1.54, 1.807) is 4.90 Å². The van der Waals surface area contributed by atoms with Gasteiger partial charge in [0.15, 0.2) is 0 Å². The molecule has 0 saturated carbocycles. The van der Waals surface area contributed by atoms with E-state index < -0.39 is 0 Å². The molecule has 6 heteroatoms. The van der Waals surface area contributed by atoms with Crippen LogP contribution in [0.4, 0.5) is 0 Å². The molecule has 0 aromatic carbocycles. The molecule has 1 atom stereocenters. The Hall–Kier alpha value is -1.50. The quantitative estimate of drug-likeness (QED) is 0.819.